The molecule has 21 heavy (non-hydrogen) atoms. The Bertz CT molecular complexity index is 791. The monoisotopic (exact) mass is 278 g/mol. The first-order valence-electron chi connectivity index (χ1n) is 6.77. The number of aromatic nitrogens is 2. The highest BCUT2D eigenvalue weighted by Gasteiger charge is 2.11. The summed E-state index contributed by atoms with van der Waals surface area (Å²) in [4.78, 5) is 31.1. The van der Waals surface area contributed by atoms with Crippen molar-refractivity contribution in [3.05, 3.63) is 66.1 Å². The minimum Gasteiger partial charge on any atom is -0.361 e. The smallest absolute Gasteiger partial charge is 0.164 e. The summed E-state index contributed by atoms with van der Waals surface area (Å²) in [6, 6.07) is 10.9. The maximum absolute atomic E-state index is 12.2. The number of nitrogens with one attached hydrogen (secondary N) is 1. The van der Waals surface area contributed by atoms with Gasteiger partial charge in [-0.05, 0) is 36.4 Å². The van der Waals surface area contributed by atoms with Crippen LogP contribution in [0.4, 0.5) is 0 Å². The van der Waals surface area contributed by atoms with Gasteiger partial charge in [0.2, 0.25) is 0 Å². The SMILES string of the molecule is O=C(CCC(=O)c1ccc2[nH]ccc2c1)c1cccnc1. The van der Waals surface area contributed by atoms with E-state index < -0.39 is 0 Å². The van der Waals surface area contributed by atoms with Gasteiger partial charge < -0.3 is 4.98 Å². The highest BCUT2D eigenvalue weighted by Crippen LogP contribution is 2.16. The lowest BCUT2D eigenvalue weighted by atomic mass is 10.0. The third-order valence-electron chi connectivity index (χ3n) is 3.44. The molecule has 0 atom stereocenters. The topological polar surface area (TPSA) is 62.8 Å². The lowest BCUT2D eigenvalue weighted by molar-refractivity contribution is 0.0917. The number of hydrogen-bond donors (Lipinski definition) is 1. The number of hydrogen-bond acceptors (Lipinski definition) is 3. The quantitative estimate of drug-likeness (QED) is 0.727. The fourth-order valence-corrected chi connectivity index (χ4v) is 2.27. The molecule has 3 rings (SSSR count). The number of fused-ring (bicyclic) bond motifs is 1. The van der Waals surface area contributed by atoms with E-state index in [1.807, 2.05) is 24.4 Å². The lowest BCUT2D eigenvalue weighted by Gasteiger charge is -2.02. The zero-order valence-corrected chi connectivity index (χ0v) is 11.4. The number of H-pyrrole nitrogens is 1. The van der Waals surface area contributed by atoms with Gasteiger partial charge in [0.25, 0.3) is 0 Å². The second-order valence-corrected chi connectivity index (χ2v) is 4.87. The molecule has 0 fully saturated rings. The first-order valence-corrected chi connectivity index (χ1v) is 6.77. The van der Waals surface area contributed by atoms with E-state index in [-0.39, 0.29) is 24.4 Å². The van der Waals surface area contributed by atoms with Crippen molar-refractivity contribution in [1.29, 1.82) is 0 Å². The van der Waals surface area contributed by atoms with Crippen molar-refractivity contribution in [1.82, 2.24) is 9.97 Å². The second kappa shape index (κ2) is 5.71. The molecule has 2 heterocycles. The molecule has 1 N–H and O–H groups in total. The summed E-state index contributed by atoms with van der Waals surface area (Å²) in [5.41, 5.74) is 2.19. The van der Waals surface area contributed by atoms with Crippen LogP contribution in [0.15, 0.2) is 55.0 Å². The zero-order chi connectivity index (χ0) is 14.7. The molecule has 0 spiro atoms. The molecule has 3 aromatic rings. The molecule has 0 saturated heterocycles. The molecule has 104 valence electrons. The summed E-state index contributed by atoms with van der Waals surface area (Å²) >= 11 is 0. The number of Topliss-reactive ketones (excluding diaryl/α,β-unsaturated/α-hetero) is 2. The van der Waals surface area contributed by atoms with Crippen LogP contribution in [0.1, 0.15) is 33.6 Å². The van der Waals surface area contributed by atoms with Crippen molar-refractivity contribution < 1.29 is 9.59 Å². The maximum Gasteiger partial charge on any atom is 0.164 e. The predicted molar refractivity (Wildman–Crippen MR) is 80.4 cm³/mol. The fraction of sp³-hybridized carbons (Fsp3) is 0.118. The van der Waals surface area contributed by atoms with Crippen LogP contribution in [0.2, 0.25) is 0 Å². The predicted octanol–water partition coefficient (Wildman–Crippen LogP) is 3.41. The summed E-state index contributed by atoms with van der Waals surface area (Å²) < 4.78 is 0. The Hall–Kier alpha value is -2.75. The fourth-order valence-electron chi connectivity index (χ4n) is 2.27. The van der Waals surface area contributed by atoms with Crippen LogP contribution in [0.3, 0.4) is 0 Å². The third kappa shape index (κ3) is 2.89. The van der Waals surface area contributed by atoms with Crippen LogP contribution >= 0.6 is 0 Å². The molecule has 0 aliphatic rings. The molecule has 1 aromatic carbocycles. The zero-order valence-electron chi connectivity index (χ0n) is 11.4. The van der Waals surface area contributed by atoms with Crippen molar-refractivity contribution >= 4 is 22.5 Å². The van der Waals surface area contributed by atoms with Crippen molar-refractivity contribution in [2.45, 2.75) is 12.8 Å². The first kappa shape index (κ1) is 13.2. The third-order valence-corrected chi connectivity index (χ3v) is 3.44. The van der Waals surface area contributed by atoms with Crippen molar-refractivity contribution in [3.8, 4) is 0 Å². The number of benzene rings is 1. The Morgan fingerprint density at radius 2 is 1.81 bits per heavy atom. The lowest BCUT2D eigenvalue weighted by Crippen LogP contribution is -2.05. The van der Waals surface area contributed by atoms with Crippen LogP contribution in [-0.2, 0) is 0 Å². The maximum atomic E-state index is 12.2. The number of carbonyl (C=O) groups is 2. The summed E-state index contributed by atoms with van der Waals surface area (Å²) in [6.45, 7) is 0. The summed E-state index contributed by atoms with van der Waals surface area (Å²) in [6.07, 6.45) is 5.40. The molecule has 0 amide bonds. The van der Waals surface area contributed by atoms with E-state index in [1.165, 1.54) is 6.20 Å². The Morgan fingerprint density at radius 1 is 1.00 bits per heavy atom. The van der Waals surface area contributed by atoms with Gasteiger partial charge in [-0.25, -0.2) is 0 Å². The van der Waals surface area contributed by atoms with Gasteiger partial charge in [0, 0.05) is 53.5 Å². The normalized spacial score (nSPS) is 10.7. The van der Waals surface area contributed by atoms with E-state index in [1.54, 1.807) is 24.4 Å². The molecule has 0 aliphatic carbocycles. The van der Waals surface area contributed by atoms with E-state index in [0.29, 0.717) is 11.1 Å². The molecule has 2 aromatic heterocycles. The number of rotatable bonds is 5. The van der Waals surface area contributed by atoms with Crippen molar-refractivity contribution in [2.24, 2.45) is 0 Å². The molecule has 0 bridgehead atoms. The summed E-state index contributed by atoms with van der Waals surface area (Å²) in [7, 11) is 0. The molecule has 0 unspecified atom stereocenters. The van der Waals surface area contributed by atoms with Gasteiger partial charge in [-0.1, -0.05) is 0 Å². The van der Waals surface area contributed by atoms with E-state index in [0.717, 1.165) is 10.9 Å². The number of pyridine rings is 1. The van der Waals surface area contributed by atoms with Gasteiger partial charge in [0.1, 0.15) is 0 Å². The second-order valence-electron chi connectivity index (χ2n) is 4.87. The number of carbonyl (C=O) groups excluding carboxylic acids is 2. The molecule has 4 heteroatoms. The highest BCUT2D eigenvalue weighted by atomic mass is 16.1. The Labute approximate surface area is 121 Å². The van der Waals surface area contributed by atoms with Gasteiger partial charge in [0.15, 0.2) is 11.6 Å². The number of aromatic amines is 1. The minimum atomic E-state index is -0.0563. The first-order chi connectivity index (χ1) is 10.2. The largest absolute Gasteiger partial charge is 0.361 e. The van der Waals surface area contributed by atoms with Crippen LogP contribution in [0, 0.1) is 0 Å². The van der Waals surface area contributed by atoms with Gasteiger partial charge >= 0.3 is 0 Å². The van der Waals surface area contributed by atoms with Crippen LogP contribution in [0.5, 0.6) is 0 Å². The Kier molecular flexibility index (Phi) is 3.60. The summed E-state index contributed by atoms with van der Waals surface area (Å²) in [5, 5.41) is 0.999. The van der Waals surface area contributed by atoms with Crippen molar-refractivity contribution in [3.63, 3.8) is 0 Å². The average molecular weight is 278 g/mol. The summed E-state index contributed by atoms with van der Waals surface area (Å²) in [5.74, 6) is -0.0745. The van der Waals surface area contributed by atoms with Crippen LogP contribution < -0.4 is 0 Å². The molecular weight excluding hydrogens is 264 g/mol. The van der Waals surface area contributed by atoms with Crippen LogP contribution in [-0.4, -0.2) is 21.5 Å². The highest BCUT2D eigenvalue weighted by molar-refractivity contribution is 6.03. The van der Waals surface area contributed by atoms with E-state index >= 15 is 0 Å². The van der Waals surface area contributed by atoms with E-state index in [9.17, 15) is 9.59 Å². The minimum absolute atomic E-state index is 0.0182. The Morgan fingerprint density at radius 3 is 2.57 bits per heavy atom. The molecule has 0 aliphatic heterocycles. The van der Waals surface area contributed by atoms with Crippen molar-refractivity contribution in [2.75, 3.05) is 0 Å². The van der Waals surface area contributed by atoms with Gasteiger partial charge in [-0.15, -0.1) is 0 Å². The standard InChI is InChI=1S/C17H14N2O2/c20-16(5-6-17(21)14-2-1-8-18-11-14)13-3-4-15-12(10-13)7-9-19-15/h1-4,7-11,19H,5-6H2. The number of nitrogens with zero attached hydrogens (tertiary/aromatic N) is 1. The van der Waals surface area contributed by atoms with E-state index in [4.69, 9.17) is 0 Å². The molecule has 0 radical (unpaired) electrons. The van der Waals surface area contributed by atoms with Crippen LogP contribution in [0.25, 0.3) is 10.9 Å². The van der Waals surface area contributed by atoms with Gasteiger partial charge in [0.05, 0.1) is 0 Å². The molecular formula is C17H14N2O2. The Balaban J connectivity index is 1.67. The molecule has 0 saturated carbocycles. The average Bonchev–Trinajstić information content (AvgIpc) is 3.00. The van der Waals surface area contributed by atoms with Gasteiger partial charge in [-0.3, -0.25) is 14.6 Å². The number of ketones is 2. The van der Waals surface area contributed by atoms with E-state index in [2.05, 4.69) is 9.97 Å². The molecule has 4 nitrogen and oxygen atoms in total. The van der Waals surface area contributed by atoms with Gasteiger partial charge in [-0.2, -0.15) is 0 Å².